The summed E-state index contributed by atoms with van der Waals surface area (Å²) in [6.07, 6.45) is 0. The Morgan fingerprint density at radius 3 is 2.30 bits per heavy atom. The number of benzene rings is 2. The molecule has 2 aromatic carbocycles. The van der Waals surface area contributed by atoms with Crippen molar-refractivity contribution >= 4 is 52.5 Å². The Morgan fingerprint density at radius 1 is 1.00 bits per heavy atom. The van der Waals surface area contributed by atoms with Crippen molar-refractivity contribution in [3.05, 3.63) is 58.1 Å². The molecule has 1 aliphatic rings. The normalized spacial score (nSPS) is 13.7. The van der Waals surface area contributed by atoms with Crippen LogP contribution in [0.1, 0.15) is 10.4 Å². The third-order valence-electron chi connectivity index (χ3n) is 4.59. The summed E-state index contributed by atoms with van der Waals surface area (Å²) in [7, 11) is 0. The number of nitrogens with one attached hydrogen (secondary N) is 1. The number of carbonyl (C=O) groups excluding carboxylic acids is 3. The zero-order chi connectivity index (χ0) is 21.7. The first-order valence-electron chi connectivity index (χ1n) is 9.15. The molecule has 1 aliphatic heterocycles. The number of hydrogen-bond donors (Lipinski definition) is 2. The van der Waals surface area contributed by atoms with E-state index in [9.17, 15) is 14.4 Å². The van der Waals surface area contributed by atoms with E-state index in [0.717, 1.165) is 0 Å². The number of anilines is 2. The minimum absolute atomic E-state index is 0.00250. The lowest BCUT2D eigenvalue weighted by Crippen LogP contribution is -2.52. The summed E-state index contributed by atoms with van der Waals surface area (Å²) in [5.74, 6) is -1.15. The first-order valence-corrected chi connectivity index (χ1v) is 9.91. The highest BCUT2D eigenvalue weighted by Gasteiger charge is 2.25. The third kappa shape index (κ3) is 5.34. The number of nitrogens with two attached hydrogens (primary N) is 1. The molecular formula is C20H20Cl2N4O4. The quantitative estimate of drug-likeness (QED) is 0.549. The number of hydrogen-bond acceptors (Lipinski definition) is 5. The lowest BCUT2D eigenvalue weighted by Gasteiger charge is -2.34. The maximum Gasteiger partial charge on any atom is 0.340 e. The van der Waals surface area contributed by atoms with Gasteiger partial charge < -0.3 is 25.6 Å². The first kappa shape index (κ1) is 21.7. The SMILES string of the molecule is Nc1c(Cl)cc(Cl)cc1C(=O)OCC(=O)N1CCN(C(=O)Nc2ccccc2)CC1. The number of rotatable bonds is 4. The van der Waals surface area contributed by atoms with Crippen molar-refractivity contribution in [1.82, 2.24) is 9.80 Å². The fourth-order valence-electron chi connectivity index (χ4n) is 2.93. The summed E-state index contributed by atoms with van der Waals surface area (Å²) < 4.78 is 5.07. The van der Waals surface area contributed by atoms with E-state index in [2.05, 4.69) is 5.32 Å². The van der Waals surface area contributed by atoms with Crippen LogP contribution < -0.4 is 11.1 Å². The van der Waals surface area contributed by atoms with Gasteiger partial charge in [0.05, 0.1) is 16.3 Å². The Kier molecular flexibility index (Phi) is 7.02. The molecule has 0 saturated carbocycles. The van der Waals surface area contributed by atoms with Crippen LogP contribution in [0.25, 0.3) is 0 Å². The van der Waals surface area contributed by atoms with Crippen LogP contribution >= 0.6 is 23.2 Å². The fraction of sp³-hybridized carbons (Fsp3) is 0.250. The topological polar surface area (TPSA) is 105 Å². The number of para-hydroxylation sites is 1. The van der Waals surface area contributed by atoms with Crippen molar-refractivity contribution in [3.8, 4) is 0 Å². The lowest BCUT2D eigenvalue weighted by molar-refractivity contribution is -0.135. The smallest absolute Gasteiger partial charge is 0.340 e. The van der Waals surface area contributed by atoms with Gasteiger partial charge in [-0.25, -0.2) is 9.59 Å². The molecule has 10 heteroatoms. The Bertz CT molecular complexity index is 947. The van der Waals surface area contributed by atoms with Crippen LogP contribution in [0.4, 0.5) is 16.2 Å². The van der Waals surface area contributed by atoms with Crippen LogP contribution in [-0.2, 0) is 9.53 Å². The predicted molar refractivity (Wildman–Crippen MR) is 115 cm³/mol. The molecule has 0 aliphatic carbocycles. The second-order valence-electron chi connectivity index (χ2n) is 6.59. The number of urea groups is 1. The number of carbonyl (C=O) groups is 3. The van der Waals surface area contributed by atoms with Gasteiger partial charge in [-0.05, 0) is 24.3 Å². The molecule has 3 N–H and O–H groups in total. The van der Waals surface area contributed by atoms with Crippen molar-refractivity contribution in [2.24, 2.45) is 0 Å². The molecule has 158 valence electrons. The van der Waals surface area contributed by atoms with E-state index in [1.165, 1.54) is 17.0 Å². The first-order chi connectivity index (χ1) is 14.3. The van der Waals surface area contributed by atoms with E-state index in [1.54, 1.807) is 17.0 Å². The highest BCUT2D eigenvalue weighted by molar-refractivity contribution is 6.37. The largest absolute Gasteiger partial charge is 0.452 e. The van der Waals surface area contributed by atoms with E-state index in [4.69, 9.17) is 33.7 Å². The van der Waals surface area contributed by atoms with Crippen molar-refractivity contribution in [3.63, 3.8) is 0 Å². The highest BCUT2D eigenvalue weighted by Crippen LogP contribution is 2.28. The van der Waals surface area contributed by atoms with E-state index < -0.39 is 12.6 Å². The molecular weight excluding hydrogens is 431 g/mol. The summed E-state index contributed by atoms with van der Waals surface area (Å²) in [5, 5.41) is 3.17. The summed E-state index contributed by atoms with van der Waals surface area (Å²) in [6, 6.07) is 11.6. The minimum Gasteiger partial charge on any atom is -0.452 e. The second-order valence-corrected chi connectivity index (χ2v) is 7.43. The van der Waals surface area contributed by atoms with E-state index in [1.807, 2.05) is 18.2 Å². The third-order valence-corrected chi connectivity index (χ3v) is 5.12. The van der Waals surface area contributed by atoms with Crippen molar-refractivity contribution in [2.45, 2.75) is 0 Å². The second kappa shape index (κ2) is 9.69. The van der Waals surface area contributed by atoms with Crippen LogP contribution in [0.2, 0.25) is 10.0 Å². The summed E-state index contributed by atoms with van der Waals surface area (Å²) in [5.41, 5.74) is 6.51. The molecule has 1 saturated heterocycles. The van der Waals surface area contributed by atoms with Gasteiger partial charge in [0.1, 0.15) is 0 Å². The van der Waals surface area contributed by atoms with Crippen molar-refractivity contribution in [2.75, 3.05) is 43.8 Å². The van der Waals surface area contributed by atoms with Gasteiger partial charge in [-0.2, -0.15) is 0 Å². The van der Waals surface area contributed by atoms with Crippen LogP contribution in [0, 0.1) is 0 Å². The molecule has 0 atom stereocenters. The highest BCUT2D eigenvalue weighted by atomic mass is 35.5. The number of esters is 1. The molecule has 3 rings (SSSR count). The molecule has 2 aromatic rings. The molecule has 30 heavy (non-hydrogen) atoms. The Morgan fingerprint density at radius 2 is 1.63 bits per heavy atom. The summed E-state index contributed by atoms with van der Waals surface area (Å²) in [4.78, 5) is 40.1. The standard InChI is InChI=1S/C20H20Cl2N4O4/c21-13-10-15(18(23)16(22)11-13)19(28)30-12-17(27)25-6-8-26(9-7-25)20(29)24-14-4-2-1-3-5-14/h1-5,10-11H,6-9,12,23H2,(H,24,29). The minimum atomic E-state index is -0.786. The zero-order valence-electron chi connectivity index (χ0n) is 15.9. The van der Waals surface area contributed by atoms with Gasteiger partial charge in [-0.15, -0.1) is 0 Å². The van der Waals surface area contributed by atoms with Crippen LogP contribution in [-0.4, -0.2) is 60.5 Å². The van der Waals surface area contributed by atoms with Gasteiger partial charge in [0.25, 0.3) is 5.91 Å². The van der Waals surface area contributed by atoms with Gasteiger partial charge in [-0.3, -0.25) is 4.79 Å². The van der Waals surface area contributed by atoms with Gasteiger partial charge >= 0.3 is 12.0 Å². The lowest BCUT2D eigenvalue weighted by atomic mass is 10.2. The Balaban J connectivity index is 1.47. The molecule has 0 spiro atoms. The molecule has 0 radical (unpaired) electrons. The zero-order valence-corrected chi connectivity index (χ0v) is 17.4. The number of nitrogens with zero attached hydrogens (tertiary/aromatic N) is 2. The van der Waals surface area contributed by atoms with E-state index in [0.29, 0.717) is 31.9 Å². The molecule has 0 unspecified atom stereocenters. The Hall–Kier alpha value is -2.97. The van der Waals surface area contributed by atoms with Crippen molar-refractivity contribution in [1.29, 1.82) is 0 Å². The number of ether oxygens (including phenoxy) is 1. The molecule has 0 bridgehead atoms. The molecule has 1 fully saturated rings. The Labute approximate surface area is 183 Å². The monoisotopic (exact) mass is 450 g/mol. The van der Waals surface area contributed by atoms with Crippen LogP contribution in [0.5, 0.6) is 0 Å². The van der Waals surface area contributed by atoms with Gasteiger partial charge in [0, 0.05) is 36.9 Å². The molecule has 1 heterocycles. The van der Waals surface area contributed by atoms with E-state index in [-0.39, 0.29) is 33.2 Å². The van der Waals surface area contributed by atoms with Gasteiger partial charge in [-0.1, -0.05) is 41.4 Å². The van der Waals surface area contributed by atoms with E-state index >= 15 is 0 Å². The summed E-state index contributed by atoms with van der Waals surface area (Å²) in [6.45, 7) is 0.969. The van der Waals surface area contributed by atoms with Crippen LogP contribution in [0.3, 0.4) is 0 Å². The fourth-order valence-corrected chi connectivity index (χ4v) is 3.43. The molecule has 3 amide bonds. The number of halogens is 2. The van der Waals surface area contributed by atoms with Crippen LogP contribution in [0.15, 0.2) is 42.5 Å². The number of piperazine rings is 1. The average molecular weight is 451 g/mol. The predicted octanol–water partition coefficient (Wildman–Crippen LogP) is 3.11. The van der Waals surface area contributed by atoms with Crippen molar-refractivity contribution < 1.29 is 19.1 Å². The maximum absolute atomic E-state index is 12.4. The number of nitrogen functional groups attached to an aromatic ring is 1. The molecule has 8 nitrogen and oxygen atoms in total. The average Bonchev–Trinajstić information content (AvgIpc) is 2.75. The van der Waals surface area contributed by atoms with Gasteiger partial charge in [0.15, 0.2) is 6.61 Å². The van der Waals surface area contributed by atoms with Gasteiger partial charge in [0.2, 0.25) is 0 Å². The molecule has 0 aromatic heterocycles. The maximum atomic E-state index is 12.4. The number of amides is 3. The summed E-state index contributed by atoms with van der Waals surface area (Å²) >= 11 is 11.8.